The van der Waals surface area contributed by atoms with Crippen molar-refractivity contribution in [2.75, 3.05) is 39.2 Å². The Labute approximate surface area is 133 Å². The van der Waals surface area contributed by atoms with Crippen LogP contribution < -0.4 is 0 Å². The summed E-state index contributed by atoms with van der Waals surface area (Å²) in [6.45, 7) is 7.70. The average Bonchev–Trinajstić information content (AvgIpc) is 2.35. The Bertz CT molecular complexity index is 448. The molecule has 0 N–H and O–H groups in total. The summed E-state index contributed by atoms with van der Waals surface area (Å²) >= 11 is 0. The summed E-state index contributed by atoms with van der Waals surface area (Å²) < 4.78 is 36.9. The maximum atomic E-state index is 11.9. The van der Waals surface area contributed by atoms with E-state index in [-0.39, 0.29) is 19.3 Å². The predicted octanol–water partition coefficient (Wildman–Crippen LogP) is 1.63. The molecule has 1 aliphatic rings. The number of rotatable bonds is 6. The maximum absolute atomic E-state index is 11.9. The molecule has 22 heavy (non-hydrogen) atoms. The standard InChI is InChI=1S/C14H27NO6S/c1-14(2,3)21-13(16)15-7-5-12(6-8-15)11-19-9-10-20-22(4,17)18/h12H,5-11H2,1-4H3. The molecule has 0 aliphatic carbocycles. The zero-order valence-corrected chi connectivity index (χ0v) is 14.6. The lowest BCUT2D eigenvalue weighted by atomic mass is 9.98. The van der Waals surface area contributed by atoms with E-state index in [1.54, 1.807) is 4.90 Å². The Morgan fingerprint density at radius 2 is 1.77 bits per heavy atom. The van der Waals surface area contributed by atoms with Crippen LogP contribution in [0.25, 0.3) is 0 Å². The van der Waals surface area contributed by atoms with Crippen LogP contribution in [0.4, 0.5) is 4.79 Å². The molecule has 1 aliphatic heterocycles. The first-order valence-electron chi connectivity index (χ1n) is 7.47. The first kappa shape index (κ1) is 19.2. The average molecular weight is 337 g/mol. The molecule has 0 radical (unpaired) electrons. The molecule has 0 unspecified atom stereocenters. The predicted molar refractivity (Wildman–Crippen MR) is 82.1 cm³/mol. The summed E-state index contributed by atoms with van der Waals surface area (Å²) in [5, 5.41) is 0. The van der Waals surface area contributed by atoms with Crippen molar-refractivity contribution >= 4 is 16.2 Å². The molecule has 0 bridgehead atoms. The minimum Gasteiger partial charge on any atom is -0.444 e. The van der Waals surface area contributed by atoms with E-state index < -0.39 is 15.7 Å². The fourth-order valence-corrected chi connectivity index (χ4v) is 2.47. The Morgan fingerprint density at radius 1 is 1.18 bits per heavy atom. The van der Waals surface area contributed by atoms with Gasteiger partial charge in [0.15, 0.2) is 0 Å². The van der Waals surface area contributed by atoms with Gasteiger partial charge in [-0.2, -0.15) is 8.42 Å². The fraction of sp³-hybridized carbons (Fsp3) is 0.929. The lowest BCUT2D eigenvalue weighted by molar-refractivity contribution is 0.0103. The topological polar surface area (TPSA) is 82.1 Å². The van der Waals surface area contributed by atoms with Crippen LogP contribution >= 0.6 is 0 Å². The van der Waals surface area contributed by atoms with Gasteiger partial charge in [0.25, 0.3) is 10.1 Å². The molecule has 0 spiro atoms. The third-order valence-corrected chi connectivity index (χ3v) is 3.74. The number of carbonyl (C=O) groups is 1. The van der Waals surface area contributed by atoms with Gasteiger partial charge in [0.1, 0.15) is 5.60 Å². The second kappa shape index (κ2) is 8.12. The second-order valence-electron chi connectivity index (χ2n) is 6.51. The Morgan fingerprint density at radius 3 is 2.27 bits per heavy atom. The molecule has 7 nitrogen and oxygen atoms in total. The van der Waals surface area contributed by atoms with E-state index in [1.807, 2.05) is 20.8 Å². The largest absolute Gasteiger partial charge is 0.444 e. The summed E-state index contributed by atoms with van der Waals surface area (Å²) in [4.78, 5) is 13.6. The van der Waals surface area contributed by atoms with E-state index in [9.17, 15) is 13.2 Å². The van der Waals surface area contributed by atoms with Gasteiger partial charge in [-0.05, 0) is 39.5 Å². The SMILES string of the molecule is CC(C)(C)OC(=O)N1CCC(COCCOS(C)(=O)=O)CC1. The Hall–Kier alpha value is -0.860. The van der Waals surface area contributed by atoms with Crippen molar-refractivity contribution in [2.24, 2.45) is 5.92 Å². The first-order chi connectivity index (χ1) is 10.1. The molecule has 0 saturated carbocycles. The van der Waals surface area contributed by atoms with Crippen molar-refractivity contribution in [3.8, 4) is 0 Å². The van der Waals surface area contributed by atoms with E-state index in [2.05, 4.69) is 4.18 Å². The molecule has 1 fully saturated rings. The van der Waals surface area contributed by atoms with Crippen LogP contribution in [0.2, 0.25) is 0 Å². The maximum Gasteiger partial charge on any atom is 0.410 e. The van der Waals surface area contributed by atoms with Crippen molar-refractivity contribution in [2.45, 2.75) is 39.2 Å². The number of hydrogen-bond donors (Lipinski definition) is 0. The van der Waals surface area contributed by atoms with Gasteiger partial charge >= 0.3 is 6.09 Å². The third kappa shape index (κ3) is 8.55. The van der Waals surface area contributed by atoms with Crippen molar-refractivity contribution in [1.82, 2.24) is 4.90 Å². The molecular weight excluding hydrogens is 310 g/mol. The van der Waals surface area contributed by atoms with Crippen molar-refractivity contribution in [3.05, 3.63) is 0 Å². The number of nitrogens with zero attached hydrogens (tertiary/aromatic N) is 1. The number of hydrogen-bond acceptors (Lipinski definition) is 6. The van der Waals surface area contributed by atoms with Crippen LogP contribution in [0.5, 0.6) is 0 Å². The number of ether oxygens (including phenoxy) is 2. The van der Waals surface area contributed by atoms with Gasteiger partial charge < -0.3 is 14.4 Å². The molecule has 1 saturated heterocycles. The van der Waals surface area contributed by atoms with E-state index in [1.165, 1.54) is 0 Å². The second-order valence-corrected chi connectivity index (χ2v) is 8.16. The van der Waals surface area contributed by atoms with Crippen LogP contribution in [0.3, 0.4) is 0 Å². The monoisotopic (exact) mass is 337 g/mol. The molecule has 0 aromatic rings. The molecule has 130 valence electrons. The Balaban J connectivity index is 2.16. The van der Waals surface area contributed by atoms with Crippen LogP contribution in [-0.4, -0.2) is 64.2 Å². The minimum absolute atomic E-state index is 0.0373. The molecule has 1 rings (SSSR count). The van der Waals surface area contributed by atoms with Gasteiger partial charge in [-0.1, -0.05) is 0 Å². The van der Waals surface area contributed by atoms with Crippen molar-refractivity contribution in [1.29, 1.82) is 0 Å². The van der Waals surface area contributed by atoms with E-state index in [4.69, 9.17) is 9.47 Å². The van der Waals surface area contributed by atoms with Crippen molar-refractivity contribution in [3.63, 3.8) is 0 Å². The van der Waals surface area contributed by atoms with Gasteiger partial charge in [-0.3, -0.25) is 4.18 Å². The fourth-order valence-electron chi connectivity index (χ4n) is 2.10. The number of amides is 1. The van der Waals surface area contributed by atoms with Gasteiger partial charge in [-0.25, -0.2) is 4.79 Å². The highest BCUT2D eigenvalue weighted by molar-refractivity contribution is 7.85. The van der Waals surface area contributed by atoms with Gasteiger partial charge in [0.05, 0.1) is 19.5 Å². The smallest absolute Gasteiger partial charge is 0.410 e. The molecule has 8 heteroatoms. The van der Waals surface area contributed by atoms with E-state index >= 15 is 0 Å². The molecule has 1 heterocycles. The minimum atomic E-state index is -3.40. The van der Waals surface area contributed by atoms with Gasteiger partial charge in [0.2, 0.25) is 0 Å². The quantitative estimate of drug-likeness (QED) is 0.541. The lowest BCUT2D eigenvalue weighted by Crippen LogP contribution is -2.42. The first-order valence-corrected chi connectivity index (χ1v) is 9.28. The highest BCUT2D eigenvalue weighted by Crippen LogP contribution is 2.19. The van der Waals surface area contributed by atoms with Gasteiger partial charge in [0, 0.05) is 19.7 Å². The summed E-state index contributed by atoms with van der Waals surface area (Å²) in [5.74, 6) is 0.372. The highest BCUT2D eigenvalue weighted by Gasteiger charge is 2.26. The van der Waals surface area contributed by atoms with Crippen LogP contribution in [0, 0.1) is 5.92 Å². The number of piperidine rings is 1. The molecule has 1 amide bonds. The summed E-state index contributed by atoms with van der Waals surface area (Å²) in [6.07, 6.45) is 2.45. The van der Waals surface area contributed by atoms with Gasteiger partial charge in [-0.15, -0.1) is 0 Å². The molecule has 0 aromatic carbocycles. The molecular formula is C14H27NO6S. The number of carbonyl (C=O) groups excluding carboxylic acids is 1. The van der Waals surface area contributed by atoms with E-state index in [0.717, 1.165) is 19.1 Å². The van der Waals surface area contributed by atoms with Crippen LogP contribution in [0.1, 0.15) is 33.6 Å². The molecule has 0 atom stereocenters. The normalized spacial score (nSPS) is 17.5. The number of likely N-dealkylation sites (tertiary alicyclic amines) is 1. The van der Waals surface area contributed by atoms with E-state index in [0.29, 0.717) is 25.6 Å². The lowest BCUT2D eigenvalue weighted by Gasteiger charge is -2.33. The summed E-state index contributed by atoms with van der Waals surface area (Å²) in [5.41, 5.74) is -0.476. The highest BCUT2D eigenvalue weighted by atomic mass is 32.2. The summed E-state index contributed by atoms with van der Waals surface area (Å²) in [6, 6.07) is 0. The third-order valence-electron chi connectivity index (χ3n) is 3.14. The zero-order valence-electron chi connectivity index (χ0n) is 13.8. The summed E-state index contributed by atoms with van der Waals surface area (Å²) in [7, 11) is -3.40. The molecule has 0 aromatic heterocycles. The zero-order chi connectivity index (χ0) is 16.8. The van der Waals surface area contributed by atoms with Crippen molar-refractivity contribution < 1.29 is 26.9 Å². The Kier molecular flexibility index (Phi) is 7.08. The van der Waals surface area contributed by atoms with Crippen LogP contribution in [0.15, 0.2) is 0 Å². The van der Waals surface area contributed by atoms with Crippen LogP contribution in [-0.2, 0) is 23.8 Å².